The highest BCUT2D eigenvalue weighted by atomic mass is 16.7. The van der Waals surface area contributed by atoms with Gasteiger partial charge in [-0.1, -0.05) is 6.58 Å². The van der Waals surface area contributed by atoms with Crippen LogP contribution in [0.4, 0.5) is 5.69 Å². The number of hydrogen-bond donors (Lipinski definition) is 8. The lowest BCUT2D eigenvalue weighted by atomic mass is 9.99. The minimum absolute atomic E-state index is 0.211. The van der Waals surface area contributed by atoms with E-state index in [4.69, 9.17) is 23.7 Å². The minimum Gasteiger partial charge on any atom is -0.491 e. The Morgan fingerprint density at radius 2 is 1.58 bits per heavy atom. The van der Waals surface area contributed by atoms with E-state index in [1.165, 1.54) is 6.92 Å². The first-order valence-corrected chi connectivity index (χ1v) is 12.0. The summed E-state index contributed by atoms with van der Waals surface area (Å²) in [5.41, 5.74) is 0.498. The van der Waals surface area contributed by atoms with E-state index in [1.54, 1.807) is 24.3 Å². The van der Waals surface area contributed by atoms with Gasteiger partial charge in [-0.25, -0.2) is 0 Å². The average Bonchev–Trinajstić information content (AvgIpc) is 2.92. The molecule has 0 aliphatic carbocycles. The maximum atomic E-state index is 11.4. The fourth-order valence-corrected chi connectivity index (χ4v) is 3.87. The second kappa shape index (κ2) is 13.7. The number of benzene rings is 1. The quantitative estimate of drug-likeness (QED) is 0.132. The summed E-state index contributed by atoms with van der Waals surface area (Å²) < 4.78 is 27.9. The zero-order valence-electron chi connectivity index (χ0n) is 20.6. The molecule has 0 radical (unpaired) electrons. The topological polar surface area (TPSA) is 217 Å². The Labute approximate surface area is 218 Å². The van der Waals surface area contributed by atoms with Crippen molar-refractivity contribution in [3.8, 4) is 5.75 Å². The SMILES string of the molecule is C=CC(=O)Nc1ccc(OCC(CO[C@@H]2O[C@@H](C)[C@@H](O)[C@@H](O)[C@@H]2O)O[C@@H]2O[C@H](CO)[C@H](O)[C@H](O)[C@H]2O)cc1. The van der Waals surface area contributed by atoms with Crippen molar-refractivity contribution in [1.82, 2.24) is 0 Å². The van der Waals surface area contributed by atoms with Gasteiger partial charge in [0.15, 0.2) is 12.6 Å². The Balaban J connectivity index is 1.68. The van der Waals surface area contributed by atoms with Crippen LogP contribution in [0.1, 0.15) is 6.92 Å². The molecule has 214 valence electrons. The molecule has 2 heterocycles. The molecule has 8 N–H and O–H groups in total. The summed E-state index contributed by atoms with van der Waals surface area (Å²) in [7, 11) is 0. The van der Waals surface area contributed by atoms with Gasteiger partial charge in [0.1, 0.15) is 61.2 Å². The summed E-state index contributed by atoms with van der Waals surface area (Å²) in [6.07, 6.45) is -14.2. The van der Waals surface area contributed by atoms with E-state index >= 15 is 0 Å². The molecule has 2 saturated heterocycles. The Morgan fingerprint density at radius 1 is 0.947 bits per heavy atom. The molecule has 14 nitrogen and oxygen atoms in total. The van der Waals surface area contributed by atoms with Crippen LogP contribution in [0.25, 0.3) is 0 Å². The number of carbonyl (C=O) groups excluding carboxylic acids is 1. The van der Waals surface area contributed by atoms with Crippen molar-refractivity contribution in [3.63, 3.8) is 0 Å². The number of carbonyl (C=O) groups is 1. The second-order valence-electron chi connectivity index (χ2n) is 9.00. The summed E-state index contributed by atoms with van der Waals surface area (Å²) in [4.78, 5) is 11.4. The number of amides is 1. The highest BCUT2D eigenvalue weighted by molar-refractivity contribution is 5.98. The maximum absolute atomic E-state index is 11.4. The average molecular weight is 546 g/mol. The zero-order valence-corrected chi connectivity index (χ0v) is 20.6. The smallest absolute Gasteiger partial charge is 0.247 e. The molecule has 0 bridgehead atoms. The lowest BCUT2D eigenvalue weighted by Gasteiger charge is -2.41. The predicted molar refractivity (Wildman–Crippen MR) is 128 cm³/mol. The Kier molecular flexibility index (Phi) is 11.0. The molecule has 14 heteroatoms. The van der Waals surface area contributed by atoms with Crippen molar-refractivity contribution in [2.75, 3.05) is 25.1 Å². The third-order valence-corrected chi connectivity index (χ3v) is 6.17. The molecule has 3 rings (SSSR count). The van der Waals surface area contributed by atoms with Crippen molar-refractivity contribution in [1.29, 1.82) is 0 Å². The van der Waals surface area contributed by atoms with Crippen LogP contribution < -0.4 is 10.1 Å². The Hall–Kier alpha value is -2.21. The number of ether oxygens (including phenoxy) is 5. The molecule has 2 fully saturated rings. The van der Waals surface area contributed by atoms with Gasteiger partial charge in [0, 0.05) is 5.69 Å². The van der Waals surface area contributed by atoms with E-state index in [0.29, 0.717) is 11.4 Å². The van der Waals surface area contributed by atoms with Crippen molar-refractivity contribution < 1.29 is 64.2 Å². The Morgan fingerprint density at radius 3 is 2.21 bits per heavy atom. The van der Waals surface area contributed by atoms with Gasteiger partial charge < -0.3 is 64.7 Å². The summed E-state index contributed by atoms with van der Waals surface area (Å²) >= 11 is 0. The molecule has 38 heavy (non-hydrogen) atoms. The zero-order chi connectivity index (χ0) is 28.0. The molecule has 1 aromatic rings. The van der Waals surface area contributed by atoms with Crippen LogP contribution in [0.15, 0.2) is 36.9 Å². The van der Waals surface area contributed by atoms with E-state index < -0.39 is 74.1 Å². The van der Waals surface area contributed by atoms with Gasteiger partial charge in [0.2, 0.25) is 5.91 Å². The molecule has 0 saturated carbocycles. The predicted octanol–water partition coefficient (Wildman–Crippen LogP) is -2.78. The third-order valence-electron chi connectivity index (χ3n) is 6.17. The number of aliphatic hydroxyl groups excluding tert-OH is 7. The number of hydrogen-bond acceptors (Lipinski definition) is 13. The molecule has 2 aliphatic rings. The lowest BCUT2D eigenvalue weighted by Crippen LogP contribution is -2.60. The number of anilines is 1. The number of rotatable bonds is 11. The molecule has 1 unspecified atom stereocenters. The van der Waals surface area contributed by atoms with Gasteiger partial charge in [-0.3, -0.25) is 4.79 Å². The highest BCUT2D eigenvalue weighted by Crippen LogP contribution is 2.25. The standard InChI is InChI=1S/C24H35NO13/c1-3-16(27)25-12-4-6-13(7-5-12)34-9-14(10-35-23-21(32)19(30)17(28)11(2)36-23)37-24-22(33)20(31)18(29)15(8-26)38-24/h3-7,11,14-15,17-24,26,28-33H,1,8-10H2,2H3,(H,25,27)/t11-,14?,15+,17+,18-,19+,20-,21-,22+,23+,24+/m0/s1. The van der Waals surface area contributed by atoms with Crippen molar-refractivity contribution in [2.45, 2.75) is 74.4 Å². The van der Waals surface area contributed by atoms with Crippen LogP contribution in [0.3, 0.4) is 0 Å². The van der Waals surface area contributed by atoms with Crippen LogP contribution in [0, 0.1) is 0 Å². The van der Waals surface area contributed by atoms with Gasteiger partial charge in [0.05, 0.1) is 19.3 Å². The van der Waals surface area contributed by atoms with Gasteiger partial charge in [-0.15, -0.1) is 0 Å². The van der Waals surface area contributed by atoms with Crippen LogP contribution in [-0.4, -0.2) is 129 Å². The minimum atomic E-state index is -1.68. The van der Waals surface area contributed by atoms with Crippen molar-refractivity contribution >= 4 is 11.6 Å². The van der Waals surface area contributed by atoms with Gasteiger partial charge in [-0.05, 0) is 37.3 Å². The Bertz CT molecular complexity index is 900. The first-order valence-electron chi connectivity index (χ1n) is 12.0. The normalized spacial score (nSPS) is 36.3. The number of nitrogens with one attached hydrogen (secondary N) is 1. The molecule has 0 aromatic heterocycles. The van der Waals surface area contributed by atoms with Gasteiger partial charge in [0.25, 0.3) is 0 Å². The molecule has 1 amide bonds. The highest BCUT2D eigenvalue weighted by Gasteiger charge is 2.46. The van der Waals surface area contributed by atoms with E-state index in [0.717, 1.165) is 6.08 Å². The van der Waals surface area contributed by atoms with Crippen LogP contribution >= 0.6 is 0 Å². The first-order chi connectivity index (χ1) is 18.0. The monoisotopic (exact) mass is 545 g/mol. The van der Waals surface area contributed by atoms with E-state index in [2.05, 4.69) is 11.9 Å². The molecule has 11 atom stereocenters. The van der Waals surface area contributed by atoms with Gasteiger partial charge in [-0.2, -0.15) is 0 Å². The largest absolute Gasteiger partial charge is 0.491 e. The summed E-state index contributed by atoms with van der Waals surface area (Å²) in [6, 6.07) is 6.30. The fraction of sp³-hybridized carbons (Fsp3) is 0.625. The van der Waals surface area contributed by atoms with Crippen LogP contribution in [0.5, 0.6) is 5.75 Å². The lowest BCUT2D eigenvalue weighted by molar-refractivity contribution is -0.327. The summed E-state index contributed by atoms with van der Waals surface area (Å²) in [6.45, 7) is 3.67. The van der Waals surface area contributed by atoms with Crippen LogP contribution in [0.2, 0.25) is 0 Å². The molecule has 0 spiro atoms. The second-order valence-corrected chi connectivity index (χ2v) is 9.00. The number of aliphatic hydroxyl groups is 7. The van der Waals surface area contributed by atoms with Crippen molar-refractivity contribution in [2.24, 2.45) is 0 Å². The fourth-order valence-electron chi connectivity index (χ4n) is 3.87. The molecular formula is C24H35NO13. The molecule has 1 aromatic carbocycles. The summed E-state index contributed by atoms with van der Waals surface area (Å²) in [5.74, 6) is -0.0204. The van der Waals surface area contributed by atoms with Gasteiger partial charge >= 0.3 is 0 Å². The first kappa shape index (κ1) is 30.3. The molecular weight excluding hydrogens is 510 g/mol. The van der Waals surface area contributed by atoms with Crippen LogP contribution in [-0.2, 0) is 23.7 Å². The third kappa shape index (κ3) is 7.46. The molecule has 2 aliphatic heterocycles. The van der Waals surface area contributed by atoms with E-state index in [9.17, 15) is 40.5 Å². The maximum Gasteiger partial charge on any atom is 0.247 e. The van der Waals surface area contributed by atoms with E-state index in [-0.39, 0.29) is 19.1 Å². The summed E-state index contributed by atoms with van der Waals surface area (Å²) in [5, 5.41) is 72.6. The van der Waals surface area contributed by atoms with E-state index in [1.807, 2.05) is 0 Å². The van der Waals surface area contributed by atoms with Crippen molar-refractivity contribution in [3.05, 3.63) is 36.9 Å².